The molecule has 0 spiro atoms. The van der Waals surface area contributed by atoms with Crippen molar-refractivity contribution < 1.29 is 37.4 Å². The Morgan fingerprint density at radius 2 is 1.40 bits per heavy atom. The Kier molecular flexibility index (Phi) is 16.7. The Morgan fingerprint density at radius 3 is 1.95 bits per heavy atom. The number of carbonyl (C=O) groups is 3. The molecule has 0 aliphatic carbocycles. The Balaban J connectivity index is 1.63. The third-order valence-electron chi connectivity index (χ3n) is 12.3. The van der Waals surface area contributed by atoms with E-state index in [4.69, 9.17) is 28.8 Å². The van der Waals surface area contributed by atoms with Crippen LogP contribution in [-0.2, 0) is 52.6 Å². The molecule has 1 aliphatic rings. The fourth-order valence-electron chi connectivity index (χ4n) is 6.05. The summed E-state index contributed by atoms with van der Waals surface area (Å²) in [5.74, 6) is -0.949. The number of rotatable bonds is 17. The van der Waals surface area contributed by atoms with E-state index in [0.717, 1.165) is 15.7 Å². The van der Waals surface area contributed by atoms with Crippen LogP contribution in [0.5, 0.6) is 0 Å². The van der Waals surface area contributed by atoms with Crippen LogP contribution in [0, 0.1) is 0 Å². The van der Waals surface area contributed by atoms with E-state index in [9.17, 15) is 24.0 Å². The maximum atomic E-state index is 14.3. The molecule has 3 aromatic rings. The van der Waals surface area contributed by atoms with Crippen LogP contribution >= 0.6 is 0 Å². The summed E-state index contributed by atoms with van der Waals surface area (Å²) in [5, 5.41) is 4.77. The summed E-state index contributed by atoms with van der Waals surface area (Å²) in [6, 6.07) is 16.8. The van der Waals surface area contributed by atoms with Crippen LogP contribution in [0.3, 0.4) is 0 Å². The number of nitrogens with one attached hydrogen (secondary N) is 2. The first-order valence-electron chi connectivity index (χ1n) is 21.2. The molecule has 2 heterocycles. The SMILES string of the molecule is C[C@H](NC(=O)OCc1ccccc1)C(=O)N(C)[C@@H](C)[C@H](N)C(=O)N/C=C1\O[C@@H](n2ccc(=O)n(COCc3ccccc3)c2=O)[C@H](O[Si](C)(C)C(C)(C)C)[C@@H]1O[Si](C)(C)C(C)(C)C. The highest BCUT2D eigenvalue weighted by Gasteiger charge is 2.53. The van der Waals surface area contributed by atoms with E-state index in [1.807, 2.05) is 60.7 Å². The van der Waals surface area contributed by atoms with E-state index in [0.29, 0.717) is 0 Å². The van der Waals surface area contributed by atoms with Crippen molar-refractivity contribution in [2.75, 3.05) is 7.05 Å². The van der Waals surface area contributed by atoms with Gasteiger partial charge in [-0.15, -0.1) is 0 Å². The second kappa shape index (κ2) is 20.8. The highest BCUT2D eigenvalue weighted by Crippen LogP contribution is 2.46. The van der Waals surface area contributed by atoms with Crippen LogP contribution in [0.2, 0.25) is 36.3 Å². The number of nitrogens with two attached hydrogens (primary N) is 1. The number of alkyl carbamates (subject to hydrolysis) is 1. The van der Waals surface area contributed by atoms with Gasteiger partial charge in [0, 0.05) is 25.5 Å². The van der Waals surface area contributed by atoms with Gasteiger partial charge in [-0.05, 0) is 61.2 Å². The van der Waals surface area contributed by atoms with Crippen molar-refractivity contribution >= 4 is 34.5 Å². The number of hydrogen-bond acceptors (Lipinski definition) is 11. The second-order valence-electron chi connectivity index (χ2n) is 19.1. The summed E-state index contributed by atoms with van der Waals surface area (Å²) in [6.07, 6.45) is -0.963. The van der Waals surface area contributed by atoms with E-state index < -0.39 is 82.4 Å². The monoisotopic (exact) mass is 908 g/mol. The van der Waals surface area contributed by atoms with Gasteiger partial charge in [-0.3, -0.25) is 19.0 Å². The van der Waals surface area contributed by atoms with E-state index >= 15 is 0 Å². The van der Waals surface area contributed by atoms with Crippen molar-refractivity contribution in [3.8, 4) is 0 Å². The number of carbonyl (C=O) groups excluding carboxylic acids is 3. The normalized spacial score (nSPS) is 19.1. The molecule has 0 bridgehead atoms. The van der Waals surface area contributed by atoms with Crippen molar-refractivity contribution in [1.82, 2.24) is 24.7 Å². The smallest absolute Gasteiger partial charge is 0.408 e. The maximum Gasteiger partial charge on any atom is 0.408 e. The van der Waals surface area contributed by atoms with Gasteiger partial charge >= 0.3 is 11.8 Å². The number of ether oxygens (including phenoxy) is 3. The molecule has 18 heteroatoms. The molecule has 6 atom stereocenters. The predicted molar refractivity (Wildman–Crippen MR) is 246 cm³/mol. The predicted octanol–water partition coefficient (Wildman–Crippen LogP) is 5.94. The lowest BCUT2D eigenvalue weighted by Gasteiger charge is -2.43. The first-order valence-corrected chi connectivity index (χ1v) is 27.0. The summed E-state index contributed by atoms with van der Waals surface area (Å²) in [4.78, 5) is 68.3. The zero-order valence-electron chi connectivity index (χ0n) is 39.1. The number of aromatic nitrogens is 2. The van der Waals surface area contributed by atoms with Crippen molar-refractivity contribution in [3.63, 3.8) is 0 Å². The molecule has 63 heavy (non-hydrogen) atoms. The fourth-order valence-corrected chi connectivity index (χ4v) is 8.57. The van der Waals surface area contributed by atoms with Gasteiger partial charge in [0.25, 0.3) is 5.56 Å². The fraction of sp³-hybridized carbons (Fsp3) is 0.533. The summed E-state index contributed by atoms with van der Waals surface area (Å²) < 4.78 is 34.2. The minimum atomic E-state index is -2.64. The molecule has 1 aromatic heterocycles. The maximum absolute atomic E-state index is 14.3. The van der Waals surface area contributed by atoms with Crippen LogP contribution in [0.15, 0.2) is 94.5 Å². The molecule has 1 fully saturated rings. The summed E-state index contributed by atoms with van der Waals surface area (Å²) >= 11 is 0. The zero-order valence-corrected chi connectivity index (χ0v) is 41.1. The van der Waals surface area contributed by atoms with Crippen LogP contribution in [0.4, 0.5) is 4.79 Å². The molecule has 3 amide bonds. The van der Waals surface area contributed by atoms with E-state index in [1.165, 1.54) is 41.9 Å². The number of nitrogens with zero attached hydrogens (tertiary/aromatic N) is 3. The molecular weight excluding hydrogens is 841 g/mol. The molecule has 4 N–H and O–H groups in total. The largest absolute Gasteiger partial charge is 0.467 e. The van der Waals surface area contributed by atoms with Gasteiger partial charge < -0.3 is 44.3 Å². The van der Waals surface area contributed by atoms with Gasteiger partial charge in [0.05, 0.1) is 12.6 Å². The summed E-state index contributed by atoms with van der Waals surface area (Å²) in [5.41, 5.74) is 6.90. The van der Waals surface area contributed by atoms with Gasteiger partial charge in [0.15, 0.2) is 16.6 Å². The molecule has 16 nitrogen and oxygen atoms in total. The lowest BCUT2D eigenvalue weighted by Crippen LogP contribution is -2.57. The highest BCUT2D eigenvalue weighted by atomic mass is 28.4. The molecule has 0 radical (unpaired) electrons. The Bertz CT molecular complexity index is 2180. The molecule has 346 valence electrons. The molecule has 1 aliphatic heterocycles. The minimum absolute atomic E-state index is 0.0308. The van der Waals surface area contributed by atoms with E-state index in [2.05, 4.69) is 78.4 Å². The lowest BCUT2D eigenvalue weighted by molar-refractivity contribution is -0.135. The number of hydrogen-bond donors (Lipinski definition) is 3. The summed E-state index contributed by atoms with van der Waals surface area (Å²) in [7, 11) is -3.77. The first-order chi connectivity index (χ1) is 29.3. The average Bonchev–Trinajstić information content (AvgIpc) is 3.53. The number of likely N-dealkylation sites (N-methyl/N-ethyl adjacent to an activating group) is 1. The quantitative estimate of drug-likeness (QED) is 0.136. The Labute approximate surface area is 373 Å². The minimum Gasteiger partial charge on any atom is -0.467 e. The van der Waals surface area contributed by atoms with Crippen LogP contribution < -0.4 is 27.6 Å². The second-order valence-corrected chi connectivity index (χ2v) is 28.6. The van der Waals surface area contributed by atoms with E-state index in [-0.39, 0.29) is 35.8 Å². The first kappa shape index (κ1) is 50.8. The van der Waals surface area contributed by atoms with Gasteiger partial charge in [0.2, 0.25) is 18.0 Å². The van der Waals surface area contributed by atoms with Gasteiger partial charge in [-0.25, -0.2) is 14.2 Å². The molecule has 1 saturated heterocycles. The molecule has 2 aromatic carbocycles. The molecule has 4 rings (SSSR count). The van der Waals surface area contributed by atoms with Crippen LogP contribution in [0.1, 0.15) is 72.7 Å². The van der Waals surface area contributed by atoms with Crippen molar-refractivity contribution in [2.24, 2.45) is 5.73 Å². The molecule has 0 saturated carbocycles. The van der Waals surface area contributed by atoms with Gasteiger partial charge in [-0.2, -0.15) is 0 Å². The molecule has 0 unspecified atom stereocenters. The van der Waals surface area contributed by atoms with Gasteiger partial charge in [-0.1, -0.05) is 102 Å². The van der Waals surface area contributed by atoms with Crippen LogP contribution in [0.25, 0.3) is 0 Å². The molecular formula is C45H68N6O10Si2. The third-order valence-corrected chi connectivity index (χ3v) is 21.3. The van der Waals surface area contributed by atoms with Crippen molar-refractivity contribution in [3.05, 3.63) is 117 Å². The van der Waals surface area contributed by atoms with Crippen molar-refractivity contribution in [2.45, 2.75) is 148 Å². The lowest BCUT2D eigenvalue weighted by atomic mass is 10.1. The van der Waals surface area contributed by atoms with Gasteiger partial charge in [0.1, 0.15) is 43.4 Å². The number of benzene rings is 2. The standard InChI is InChI=1S/C45H68N6O10Si2/c1-30(48-42(55)58-28-33-22-18-15-19-23-33)40(54)49(9)31(2)36(46)39(53)47-26-34-37(60-62(10,11)44(3,4)5)38(61-63(12,13)45(6,7)8)41(59-34)50-25-24-35(52)51(43(50)56)29-57-27-32-20-16-14-17-21-32/h14-26,30-31,36-38,41H,27-29,46H2,1-13H3,(H,47,53)(H,48,55)/b34-26-/t30-,31-,36-,37+,38+,41+/m0/s1. The van der Waals surface area contributed by atoms with E-state index in [1.54, 1.807) is 6.92 Å². The Hall–Kier alpha value is -4.86. The van der Waals surface area contributed by atoms with Crippen molar-refractivity contribution in [1.29, 1.82) is 0 Å². The summed E-state index contributed by atoms with van der Waals surface area (Å²) in [6.45, 7) is 23.9. The number of amides is 3. The Morgan fingerprint density at radius 1 is 0.857 bits per heavy atom. The third kappa shape index (κ3) is 12.9. The van der Waals surface area contributed by atoms with Crippen LogP contribution in [-0.4, -0.2) is 86.0 Å². The topological polar surface area (TPSA) is 195 Å². The zero-order chi connectivity index (χ0) is 47.1. The average molecular weight is 909 g/mol. The highest BCUT2D eigenvalue weighted by molar-refractivity contribution is 6.74.